The molecule has 1 aromatic carbocycles. The zero-order chi connectivity index (χ0) is 14.5. The molecule has 0 aliphatic heterocycles. The molecule has 0 unspecified atom stereocenters. The summed E-state index contributed by atoms with van der Waals surface area (Å²) in [5, 5.41) is 8.93. The van der Waals surface area contributed by atoms with E-state index in [-0.39, 0.29) is 12.5 Å². The summed E-state index contributed by atoms with van der Waals surface area (Å²) in [6.45, 7) is 2.21. The molecule has 0 fully saturated rings. The lowest BCUT2D eigenvalue weighted by atomic mass is 9.99. The average Bonchev–Trinajstić information content (AvgIpc) is 2.48. The Balaban J connectivity index is 2.40. The molecular weight excluding hydrogens is 252 g/mol. The summed E-state index contributed by atoms with van der Waals surface area (Å²) < 4.78 is 0. The summed E-state index contributed by atoms with van der Waals surface area (Å²) in [5.41, 5.74) is 3.35. The zero-order valence-electron chi connectivity index (χ0n) is 11.7. The highest BCUT2D eigenvalue weighted by Gasteiger charge is 2.16. The second-order valence-corrected chi connectivity index (χ2v) is 4.64. The maximum absolute atomic E-state index is 12.3. The summed E-state index contributed by atoms with van der Waals surface area (Å²) in [4.78, 5) is 18.2. The molecule has 0 radical (unpaired) electrons. The number of carbonyl (C=O) groups is 1. The van der Waals surface area contributed by atoms with Gasteiger partial charge < -0.3 is 10.0 Å². The SMILES string of the molecule is Cc1c(C(=O)N(C)CCO)cccc1-c1ccccn1. The van der Waals surface area contributed by atoms with Gasteiger partial charge in [0.05, 0.1) is 12.3 Å². The van der Waals surface area contributed by atoms with Gasteiger partial charge in [0.25, 0.3) is 5.91 Å². The first-order chi connectivity index (χ1) is 9.65. The van der Waals surface area contributed by atoms with Gasteiger partial charge in [-0.25, -0.2) is 0 Å². The number of pyridine rings is 1. The maximum atomic E-state index is 12.3. The number of aliphatic hydroxyl groups excluding tert-OH is 1. The molecule has 0 aliphatic carbocycles. The van der Waals surface area contributed by atoms with Gasteiger partial charge >= 0.3 is 0 Å². The van der Waals surface area contributed by atoms with Crippen LogP contribution in [-0.2, 0) is 0 Å². The van der Waals surface area contributed by atoms with Crippen molar-refractivity contribution in [2.75, 3.05) is 20.2 Å². The lowest BCUT2D eigenvalue weighted by Gasteiger charge is -2.18. The third kappa shape index (κ3) is 2.86. The number of likely N-dealkylation sites (N-methyl/N-ethyl adjacent to an activating group) is 1. The highest BCUT2D eigenvalue weighted by Crippen LogP contribution is 2.24. The Bertz CT molecular complexity index is 597. The van der Waals surface area contributed by atoms with E-state index in [2.05, 4.69) is 4.98 Å². The van der Waals surface area contributed by atoms with E-state index >= 15 is 0 Å². The Kier molecular flexibility index (Phi) is 4.48. The first kappa shape index (κ1) is 14.2. The zero-order valence-corrected chi connectivity index (χ0v) is 11.7. The van der Waals surface area contributed by atoms with Crippen LogP contribution in [-0.4, -0.2) is 41.1 Å². The molecule has 2 rings (SSSR count). The number of benzene rings is 1. The fourth-order valence-electron chi connectivity index (χ4n) is 2.12. The average molecular weight is 270 g/mol. The number of amides is 1. The van der Waals surface area contributed by atoms with Gasteiger partial charge in [-0.15, -0.1) is 0 Å². The Morgan fingerprint density at radius 1 is 1.25 bits per heavy atom. The van der Waals surface area contributed by atoms with Crippen molar-refractivity contribution in [3.63, 3.8) is 0 Å². The number of aromatic nitrogens is 1. The van der Waals surface area contributed by atoms with E-state index in [4.69, 9.17) is 5.11 Å². The van der Waals surface area contributed by atoms with Gasteiger partial charge in [0.15, 0.2) is 0 Å². The molecule has 4 nitrogen and oxygen atoms in total. The normalized spacial score (nSPS) is 10.3. The Morgan fingerprint density at radius 2 is 2.05 bits per heavy atom. The standard InChI is InChI=1S/C16H18N2O2/c1-12-13(15-8-3-4-9-17-15)6-5-7-14(12)16(20)18(2)10-11-19/h3-9,19H,10-11H2,1-2H3. The molecule has 1 amide bonds. The third-order valence-electron chi connectivity index (χ3n) is 3.29. The van der Waals surface area contributed by atoms with Gasteiger partial charge in [-0.3, -0.25) is 9.78 Å². The molecule has 20 heavy (non-hydrogen) atoms. The number of carbonyl (C=O) groups excluding carboxylic acids is 1. The Hall–Kier alpha value is -2.20. The predicted octanol–water partition coefficient (Wildman–Crippen LogP) is 2.12. The molecule has 0 saturated carbocycles. The van der Waals surface area contributed by atoms with Gasteiger partial charge in [0.1, 0.15) is 0 Å². The van der Waals surface area contributed by atoms with Crippen molar-refractivity contribution in [1.82, 2.24) is 9.88 Å². The predicted molar refractivity (Wildman–Crippen MR) is 78.5 cm³/mol. The molecule has 0 atom stereocenters. The summed E-state index contributed by atoms with van der Waals surface area (Å²) in [5.74, 6) is -0.0886. The monoisotopic (exact) mass is 270 g/mol. The van der Waals surface area contributed by atoms with E-state index < -0.39 is 0 Å². The molecule has 0 bridgehead atoms. The molecule has 1 N–H and O–H groups in total. The summed E-state index contributed by atoms with van der Waals surface area (Å²) in [6.07, 6.45) is 1.74. The van der Waals surface area contributed by atoms with Crippen molar-refractivity contribution in [2.45, 2.75) is 6.92 Å². The van der Waals surface area contributed by atoms with Crippen molar-refractivity contribution < 1.29 is 9.90 Å². The van der Waals surface area contributed by atoms with Crippen molar-refractivity contribution in [3.05, 3.63) is 53.7 Å². The maximum Gasteiger partial charge on any atom is 0.253 e. The summed E-state index contributed by atoms with van der Waals surface area (Å²) >= 11 is 0. The van der Waals surface area contributed by atoms with E-state index in [1.54, 1.807) is 19.3 Å². The van der Waals surface area contributed by atoms with Crippen LogP contribution in [0.15, 0.2) is 42.6 Å². The minimum Gasteiger partial charge on any atom is -0.395 e. The van der Waals surface area contributed by atoms with E-state index in [0.29, 0.717) is 12.1 Å². The molecule has 1 aromatic heterocycles. The second-order valence-electron chi connectivity index (χ2n) is 4.64. The lowest BCUT2D eigenvalue weighted by Crippen LogP contribution is -2.30. The Morgan fingerprint density at radius 3 is 2.70 bits per heavy atom. The van der Waals surface area contributed by atoms with Gasteiger partial charge in [-0.2, -0.15) is 0 Å². The lowest BCUT2D eigenvalue weighted by molar-refractivity contribution is 0.0766. The minimum atomic E-state index is -0.0886. The molecular formula is C16H18N2O2. The largest absolute Gasteiger partial charge is 0.395 e. The van der Waals surface area contributed by atoms with Crippen LogP contribution < -0.4 is 0 Å². The van der Waals surface area contributed by atoms with Gasteiger partial charge in [-0.1, -0.05) is 18.2 Å². The minimum absolute atomic E-state index is 0.0405. The van der Waals surface area contributed by atoms with Crippen LogP contribution in [0.25, 0.3) is 11.3 Å². The van der Waals surface area contributed by atoms with Crippen LogP contribution in [0.5, 0.6) is 0 Å². The van der Waals surface area contributed by atoms with E-state index in [0.717, 1.165) is 16.8 Å². The first-order valence-corrected chi connectivity index (χ1v) is 6.52. The van der Waals surface area contributed by atoms with Crippen LogP contribution in [0.1, 0.15) is 15.9 Å². The van der Waals surface area contributed by atoms with Gasteiger partial charge in [0.2, 0.25) is 0 Å². The van der Waals surface area contributed by atoms with Crippen LogP contribution in [0.4, 0.5) is 0 Å². The van der Waals surface area contributed by atoms with E-state index in [9.17, 15) is 4.79 Å². The fourth-order valence-corrected chi connectivity index (χ4v) is 2.12. The van der Waals surface area contributed by atoms with Crippen molar-refractivity contribution in [2.24, 2.45) is 0 Å². The summed E-state index contributed by atoms with van der Waals surface area (Å²) in [7, 11) is 1.69. The highest BCUT2D eigenvalue weighted by molar-refractivity contribution is 5.97. The number of hydrogen-bond donors (Lipinski definition) is 1. The number of nitrogens with zero attached hydrogens (tertiary/aromatic N) is 2. The summed E-state index contributed by atoms with van der Waals surface area (Å²) in [6, 6.07) is 11.3. The second kappa shape index (κ2) is 6.30. The van der Waals surface area contributed by atoms with E-state index in [1.807, 2.05) is 37.3 Å². The quantitative estimate of drug-likeness (QED) is 0.926. The molecule has 0 spiro atoms. The first-order valence-electron chi connectivity index (χ1n) is 6.52. The number of hydrogen-bond acceptors (Lipinski definition) is 3. The molecule has 104 valence electrons. The molecule has 2 aromatic rings. The molecule has 0 aliphatic rings. The van der Waals surface area contributed by atoms with Crippen LogP contribution in [0, 0.1) is 6.92 Å². The Labute approximate surface area is 118 Å². The topological polar surface area (TPSA) is 53.4 Å². The fraction of sp³-hybridized carbons (Fsp3) is 0.250. The third-order valence-corrected chi connectivity index (χ3v) is 3.29. The highest BCUT2D eigenvalue weighted by atomic mass is 16.3. The number of aliphatic hydroxyl groups is 1. The van der Waals surface area contributed by atoms with Crippen molar-refractivity contribution >= 4 is 5.91 Å². The van der Waals surface area contributed by atoms with Crippen molar-refractivity contribution in [1.29, 1.82) is 0 Å². The molecule has 0 saturated heterocycles. The molecule has 4 heteroatoms. The van der Waals surface area contributed by atoms with Crippen molar-refractivity contribution in [3.8, 4) is 11.3 Å². The number of rotatable bonds is 4. The van der Waals surface area contributed by atoms with Gasteiger partial charge in [-0.05, 0) is 30.7 Å². The van der Waals surface area contributed by atoms with Gasteiger partial charge in [0, 0.05) is 30.9 Å². The van der Waals surface area contributed by atoms with Crippen LogP contribution >= 0.6 is 0 Å². The van der Waals surface area contributed by atoms with Crippen LogP contribution in [0.3, 0.4) is 0 Å². The van der Waals surface area contributed by atoms with Crippen LogP contribution in [0.2, 0.25) is 0 Å². The molecule has 1 heterocycles. The van der Waals surface area contributed by atoms with E-state index in [1.165, 1.54) is 4.90 Å². The smallest absolute Gasteiger partial charge is 0.253 e.